The summed E-state index contributed by atoms with van der Waals surface area (Å²) in [5.41, 5.74) is 4.25. The first kappa shape index (κ1) is 29.6. The van der Waals surface area contributed by atoms with Crippen molar-refractivity contribution in [1.82, 2.24) is 25.4 Å². The van der Waals surface area contributed by atoms with Crippen LogP contribution in [0.4, 0.5) is 13.2 Å². The SMILES string of the molecule is Cc1nnc(-c2c(CC3(c4ccc(F)cc4)CC3)nc3c(c2-c2ccc(C(=O)NCc4ccc(F)c(F)c4)s2)C(=O)N2CCC[C@H]32)o1. The predicted octanol–water partition coefficient (Wildman–Crippen LogP) is 7.08. The lowest BCUT2D eigenvalue weighted by Crippen LogP contribution is -2.23. The number of hydrogen-bond donors (Lipinski definition) is 1. The van der Waals surface area contributed by atoms with E-state index in [2.05, 4.69) is 15.5 Å². The Kier molecular flexibility index (Phi) is 7.01. The molecular weight excluding hydrogens is 627 g/mol. The van der Waals surface area contributed by atoms with Crippen molar-refractivity contribution in [2.75, 3.05) is 6.54 Å². The van der Waals surface area contributed by atoms with E-state index in [1.807, 2.05) is 17.0 Å². The van der Waals surface area contributed by atoms with E-state index in [0.717, 1.165) is 43.4 Å². The minimum absolute atomic E-state index is 0.00513. The van der Waals surface area contributed by atoms with Crippen LogP contribution >= 0.6 is 11.3 Å². The van der Waals surface area contributed by atoms with Crippen LogP contribution < -0.4 is 5.32 Å². The summed E-state index contributed by atoms with van der Waals surface area (Å²) in [5.74, 6) is -2.17. The highest BCUT2D eigenvalue weighted by Gasteiger charge is 2.48. The molecule has 238 valence electrons. The first-order valence-electron chi connectivity index (χ1n) is 15.5. The second-order valence-corrected chi connectivity index (χ2v) is 13.5. The summed E-state index contributed by atoms with van der Waals surface area (Å²) < 4.78 is 47.0. The van der Waals surface area contributed by atoms with Gasteiger partial charge < -0.3 is 14.6 Å². The van der Waals surface area contributed by atoms with E-state index in [0.29, 0.717) is 62.3 Å². The van der Waals surface area contributed by atoms with Gasteiger partial charge >= 0.3 is 0 Å². The third-order valence-corrected chi connectivity index (χ3v) is 10.5. The van der Waals surface area contributed by atoms with Crippen molar-refractivity contribution in [2.45, 2.75) is 57.0 Å². The summed E-state index contributed by atoms with van der Waals surface area (Å²) in [7, 11) is 0. The molecule has 3 aliphatic rings. The first-order valence-corrected chi connectivity index (χ1v) is 16.3. The van der Waals surface area contributed by atoms with Gasteiger partial charge in [0.05, 0.1) is 33.4 Å². The number of rotatable bonds is 8. The van der Waals surface area contributed by atoms with E-state index in [4.69, 9.17) is 9.40 Å². The summed E-state index contributed by atoms with van der Waals surface area (Å²) in [6.45, 7) is 2.33. The summed E-state index contributed by atoms with van der Waals surface area (Å²) in [6.07, 6.45) is 3.99. The van der Waals surface area contributed by atoms with Crippen molar-refractivity contribution in [3.05, 3.63) is 111 Å². The molecule has 0 bridgehead atoms. The Balaban J connectivity index is 1.24. The summed E-state index contributed by atoms with van der Waals surface area (Å²) >= 11 is 1.21. The lowest BCUT2D eigenvalue weighted by atomic mass is 9.86. The second kappa shape index (κ2) is 11.2. The van der Waals surface area contributed by atoms with Crippen molar-refractivity contribution >= 4 is 23.2 Å². The van der Waals surface area contributed by atoms with E-state index in [9.17, 15) is 22.8 Å². The van der Waals surface area contributed by atoms with E-state index in [-0.39, 0.29) is 35.6 Å². The highest BCUT2D eigenvalue weighted by Crippen LogP contribution is 2.54. The van der Waals surface area contributed by atoms with Crippen LogP contribution in [-0.4, -0.2) is 38.4 Å². The molecule has 5 aromatic rings. The Bertz CT molecular complexity index is 2070. The quantitative estimate of drug-likeness (QED) is 0.192. The Labute approximate surface area is 271 Å². The van der Waals surface area contributed by atoms with Crippen molar-refractivity contribution in [2.24, 2.45) is 0 Å². The van der Waals surface area contributed by atoms with Crippen LogP contribution in [0.25, 0.3) is 21.9 Å². The molecule has 0 radical (unpaired) electrons. The van der Waals surface area contributed by atoms with Gasteiger partial charge in [0.25, 0.3) is 11.8 Å². The fourth-order valence-corrected chi connectivity index (χ4v) is 7.89. The molecule has 2 amide bonds. The molecule has 12 heteroatoms. The van der Waals surface area contributed by atoms with E-state index < -0.39 is 17.5 Å². The van der Waals surface area contributed by atoms with Gasteiger partial charge in [-0.05, 0) is 73.2 Å². The number of amides is 2. The monoisotopic (exact) mass is 655 g/mol. The van der Waals surface area contributed by atoms with Crippen LogP contribution in [0.3, 0.4) is 0 Å². The van der Waals surface area contributed by atoms with Crippen LogP contribution in [-0.2, 0) is 18.4 Å². The number of aromatic nitrogens is 3. The Morgan fingerprint density at radius 2 is 1.83 bits per heavy atom. The van der Waals surface area contributed by atoms with Gasteiger partial charge in [-0.2, -0.15) is 0 Å². The number of nitrogens with one attached hydrogen (secondary N) is 1. The van der Waals surface area contributed by atoms with E-state index in [1.54, 1.807) is 19.1 Å². The third kappa shape index (κ3) is 5.11. The second-order valence-electron chi connectivity index (χ2n) is 12.4. The van der Waals surface area contributed by atoms with Crippen LogP contribution in [0, 0.1) is 24.4 Å². The van der Waals surface area contributed by atoms with Gasteiger partial charge in [-0.25, -0.2) is 13.2 Å². The molecule has 2 aliphatic heterocycles. The lowest BCUT2D eigenvalue weighted by molar-refractivity contribution is 0.0776. The number of pyridine rings is 1. The largest absolute Gasteiger partial charge is 0.421 e. The molecule has 0 unspecified atom stereocenters. The summed E-state index contributed by atoms with van der Waals surface area (Å²) in [5, 5.41) is 11.2. The number of hydrogen-bond acceptors (Lipinski definition) is 7. The lowest BCUT2D eigenvalue weighted by Gasteiger charge is -2.20. The highest BCUT2D eigenvalue weighted by atomic mass is 32.1. The average molecular weight is 656 g/mol. The summed E-state index contributed by atoms with van der Waals surface area (Å²) in [6, 6.07) is 13.4. The van der Waals surface area contributed by atoms with Crippen LogP contribution in [0.2, 0.25) is 0 Å². The van der Waals surface area contributed by atoms with Crippen molar-refractivity contribution in [1.29, 1.82) is 0 Å². The standard InChI is InChI=1S/C35H28F3N5O3S/c1-18-41-42-33(46-18)28-24(16-35(12-13-35)20-5-7-21(36)8-6-20)40-31-25-3-2-14-43(25)34(45)30(31)29(28)26-10-11-27(47-26)32(44)39-17-19-4-9-22(37)23(38)15-19/h4-11,15,25H,2-3,12-14,16-17H2,1H3,(H,39,44)/t25-/m1/s1. The molecule has 0 spiro atoms. The van der Waals surface area contributed by atoms with E-state index >= 15 is 0 Å². The smallest absolute Gasteiger partial charge is 0.261 e. The van der Waals surface area contributed by atoms with Gasteiger partial charge in [0.15, 0.2) is 11.6 Å². The average Bonchev–Trinajstić information content (AvgIpc) is 3.48. The van der Waals surface area contributed by atoms with Gasteiger partial charge in [0.2, 0.25) is 11.8 Å². The highest BCUT2D eigenvalue weighted by molar-refractivity contribution is 7.17. The molecule has 8 nitrogen and oxygen atoms in total. The molecule has 47 heavy (non-hydrogen) atoms. The van der Waals surface area contributed by atoms with Crippen LogP contribution in [0.15, 0.2) is 59.0 Å². The minimum atomic E-state index is -0.987. The van der Waals surface area contributed by atoms with Gasteiger partial charge in [-0.15, -0.1) is 21.5 Å². The molecule has 8 rings (SSSR count). The number of halogens is 3. The normalized spacial score (nSPS) is 17.6. The zero-order chi connectivity index (χ0) is 32.4. The van der Waals surface area contributed by atoms with Crippen LogP contribution in [0.1, 0.15) is 80.2 Å². The van der Waals surface area contributed by atoms with Crippen molar-refractivity contribution in [3.63, 3.8) is 0 Å². The number of fused-ring (bicyclic) bond motifs is 3. The number of carbonyl (C=O) groups excluding carboxylic acids is 2. The van der Waals surface area contributed by atoms with Crippen molar-refractivity contribution < 1.29 is 27.2 Å². The van der Waals surface area contributed by atoms with Gasteiger partial charge in [-0.3, -0.25) is 14.6 Å². The third-order valence-electron chi connectivity index (χ3n) is 9.41. The maximum Gasteiger partial charge on any atom is 0.261 e. The topological polar surface area (TPSA) is 101 Å². The zero-order valence-electron chi connectivity index (χ0n) is 25.3. The first-order chi connectivity index (χ1) is 22.7. The molecule has 1 aliphatic carbocycles. The van der Waals surface area contributed by atoms with E-state index in [1.165, 1.54) is 29.5 Å². The number of thiophene rings is 1. The Morgan fingerprint density at radius 3 is 2.55 bits per heavy atom. The molecule has 2 fully saturated rings. The van der Waals surface area contributed by atoms with Gasteiger partial charge in [-0.1, -0.05) is 18.2 Å². The zero-order valence-corrected chi connectivity index (χ0v) is 26.1. The number of benzene rings is 2. The Hall–Kier alpha value is -4.84. The molecule has 1 saturated carbocycles. The number of carbonyl (C=O) groups is 2. The fourth-order valence-electron chi connectivity index (χ4n) is 6.91. The maximum absolute atomic E-state index is 14.0. The van der Waals surface area contributed by atoms with Crippen molar-refractivity contribution in [3.8, 4) is 21.9 Å². The minimum Gasteiger partial charge on any atom is -0.421 e. The predicted molar refractivity (Wildman–Crippen MR) is 167 cm³/mol. The fraction of sp³-hybridized carbons (Fsp3) is 0.286. The molecular formula is C35H28F3N5O3S. The number of aryl methyl sites for hydroxylation is 1. The van der Waals surface area contributed by atoms with Gasteiger partial charge in [0, 0.05) is 42.3 Å². The molecule has 1 N–H and O–H groups in total. The van der Waals surface area contributed by atoms with Crippen LogP contribution in [0.5, 0.6) is 0 Å². The molecule has 1 saturated heterocycles. The molecule has 5 heterocycles. The summed E-state index contributed by atoms with van der Waals surface area (Å²) in [4.78, 5) is 35.4. The molecule has 1 atom stereocenters. The Morgan fingerprint density at radius 1 is 1.02 bits per heavy atom. The van der Waals surface area contributed by atoms with Gasteiger partial charge in [0.1, 0.15) is 5.82 Å². The molecule has 2 aromatic carbocycles. The number of nitrogens with zero attached hydrogens (tertiary/aromatic N) is 4. The maximum atomic E-state index is 14.0. The molecule has 3 aromatic heterocycles.